The van der Waals surface area contributed by atoms with Crippen LogP contribution in [0.5, 0.6) is 5.75 Å². The average molecular weight is 442 g/mol. The molecule has 0 unspecified atom stereocenters. The fourth-order valence-corrected chi connectivity index (χ4v) is 3.44. The summed E-state index contributed by atoms with van der Waals surface area (Å²) in [5.41, 5.74) is 0.652. The Morgan fingerprint density at radius 2 is 1.64 bits per heavy atom. The van der Waals surface area contributed by atoms with Gasteiger partial charge in [-0.15, -0.1) is 0 Å². The number of hydrogen-bond donors (Lipinski definition) is 2. The lowest BCUT2D eigenvalue weighted by atomic mass is 9.95. The average Bonchev–Trinajstić information content (AvgIpc) is 2.84. The van der Waals surface area contributed by atoms with E-state index < -0.39 is 16.4 Å². The van der Waals surface area contributed by atoms with Crippen molar-refractivity contribution in [2.24, 2.45) is 0 Å². The van der Waals surface area contributed by atoms with Crippen molar-refractivity contribution < 1.29 is 14.5 Å². The summed E-state index contributed by atoms with van der Waals surface area (Å²) in [5.74, 6) is -0.541. The van der Waals surface area contributed by atoms with Crippen molar-refractivity contribution in [3.8, 4) is 28.1 Å². The molecule has 1 amide bonds. The number of nitrogens with one attached hydrogen (secondary N) is 2. The van der Waals surface area contributed by atoms with Gasteiger partial charge >= 0.3 is 0 Å². The van der Waals surface area contributed by atoms with E-state index in [4.69, 9.17) is 4.74 Å². The molecule has 33 heavy (non-hydrogen) atoms. The van der Waals surface area contributed by atoms with Crippen molar-refractivity contribution in [1.29, 1.82) is 0 Å². The first-order valence-electron chi connectivity index (χ1n) is 9.87. The van der Waals surface area contributed by atoms with Gasteiger partial charge in [-0.2, -0.15) is 5.10 Å². The van der Waals surface area contributed by atoms with Crippen LogP contribution in [-0.4, -0.2) is 28.1 Å². The number of hydrogen-bond acceptors (Lipinski definition) is 6. The maximum Gasteiger partial charge on any atom is 0.296 e. The number of nitro groups is 1. The second-order valence-corrected chi connectivity index (χ2v) is 6.98. The Kier molecular flexibility index (Phi) is 5.94. The van der Waals surface area contributed by atoms with E-state index in [9.17, 15) is 19.7 Å². The van der Waals surface area contributed by atoms with Gasteiger partial charge in [0.15, 0.2) is 0 Å². The van der Waals surface area contributed by atoms with E-state index in [1.54, 1.807) is 24.3 Å². The Hall–Kier alpha value is -4.79. The van der Waals surface area contributed by atoms with Crippen LogP contribution in [0.2, 0.25) is 0 Å². The van der Waals surface area contributed by atoms with Gasteiger partial charge in [-0.25, -0.2) is 5.10 Å². The zero-order valence-corrected chi connectivity index (χ0v) is 17.4. The van der Waals surface area contributed by atoms with Crippen LogP contribution in [0.25, 0.3) is 22.4 Å². The molecular formula is C24H18N4O5. The van der Waals surface area contributed by atoms with Crippen molar-refractivity contribution in [3.05, 3.63) is 105 Å². The fraction of sp³-hybridized carbons (Fsp3) is 0.0417. The van der Waals surface area contributed by atoms with Gasteiger partial charge in [0.1, 0.15) is 17.0 Å². The van der Waals surface area contributed by atoms with E-state index in [0.29, 0.717) is 22.4 Å². The second kappa shape index (κ2) is 9.15. The van der Waals surface area contributed by atoms with Gasteiger partial charge < -0.3 is 10.1 Å². The highest BCUT2D eigenvalue weighted by atomic mass is 16.6. The second-order valence-electron chi connectivity index (χ2n) is 6.98. The summed E-state index contributed by atoms with van der Waals surface area (Å²) >= 11 is 0. The van der Waals surface area contributed by atoms with Crippen LogP contribution in [-0.2, 0) is 0 Å². The van der Waals surface area contributed by atoms with Gasteiger partial charge in [0.05, 0.1) is 23.8 Å². The molecule has 1 aromatic heterocycles. The molecule has 0 fully saturated rings. The Morgan fingerprint density at radius 1 is 1.00 bits per heavy atom. The molecule has 9 nitrogen and oxygen atoms in total. The highest BCUT2D eigenvalue weighted by Gasteiger charge is 2.25. The molecule has 3 aromatic carbocycles. The molecule has 0 bridgehead atoms. The lowest BCUT2D eigenvalue weighted by Gasteiger charge is -2.14. The molecule has 1 heterocycles. The van der Waals surface area contributed by atoms with E-state index in [1.807, 2.05) is 36.4 Å². The summed E-state index contributed by atoms with van der Waals surface area (Å²) in [5, 5.41) is 20.6. The number of methoxy groups -OCH3 is 1. The summed E-state index contributed by atoms with van der Waals surface area (Å²) in [4.78, 5) is 37.0. The molecule has 164 valence electrons. The molecule has 0 radical (unpaired) electrons. The third kappa shape index (κ3) is 4.33. The van der Waals surface area contributed by atoms with Crippen LogP contribution >= 0.6 is 0 Å². The summed E-state index contributed by atoms with van der Waals surface area (Å²) < 4.78 is 5.03. The van der Waals surface area contributed by atoms with Crippen LogP contribution in [0.15, 0.2) is 83.7 Å². The molecule has 0 saturated carbocycles. The number of ether oxygens (including phenoxy) is 1. The van der Waals surface area contributed by atoms with E-state index in [1.165, 1.54) is 25.3 Å². The minimum Gasteiger partial charge on any atom is -0.496 e. The van der Waals surface area contributed by atoms with Gasteiger partial charge in [-0.1, -0.05) is 60.7 Å². The molecule has 0 aliphatic carbocycles. The minimum atomic E-state index is -0.803. The van der Waals surface area contributed by atoms with Crippen molar-refractivity contribution in [3.63, 3.8) is 0 Å². The quantitative estimate of drug-likeness (QED) is 0.339. The van der Waals surface area contributed by atoms with E-state index in [2.05, 4.69) is 15.5 Å². The van der Waals surface area contributed by atoms with Gasteiger partial charge in [-0.3, -0.25) is 19.7 Å². The maximum atomic E-state index is 13.3. The Morgan fingerprint density at radius 3 is 2.24 bits per heavy atom. The summed E-state index contributed by atoms with van der Waals surface area (Å²) in [6.07, 6.45) is 0. The number of aromatic amines is 1. The largest absolute Gasteiger partial charge is 0.496 e. The molecular weight excluding hydrogens is 424 g/mol. The SMILES string of the molecule is COc1ccc(NC(=O)c2c(-c3ccccc3)c(-c3ccccc3)n[nH]c2=O)c([N+](=O)[O-])c1. The molecule has 2 N–H and O–H groups in total. The molecule has 9 heteroatoms. The van der Waals surface area contributed by atoms with Gasteiger partial charge in [0.25, 0.3) is 17.2 Å². The first-order valence-corrected chi connectivity index (χ1v) is 9.87. The first kappa shape index (κ1) is 21.4. The summed E-state index contributed by atoms with van der Waals surface area (Å²) in [6, 6.07) is 22.0. The van der Waals surface area contributed by atoms with Crippen molar-refractivity contribution in [2.45, 2.75) is 0 Å². The molecule has 4 aromatic rings. The van der Waals surface area contributed by atoms with Gasteiger partial charge in [-0.05, 0) is 17.7 Å². The predicted molar refractivity (Wildman–Crippen MR) is 123 cm³/mol. The van der Waals surface area contributed by atoms with Crippen LogP contribution in [0.4, 0.5) is 11.4 Å². The monoisotopic (exact) mass is 442 g/mol. The zero-order chi connectivity index (χ0) is 23.4. The van der Waals surface area contributed by atoms with E-state index in [0.717, 1.165) is 0 Å². The van der Waals surface area contributed by atoms with E-state index in [-0.39, 0.29) is 22.7 Å². The van der Waals surface area contributed by atoms with Gasteiger partial charge in [0, 0.05) is 11.1 Å². The Bertz CT molecular complexity index is 1390. The minimum absolute atomic E-state index is 0.0673. The number of carbonyl (C=O) groups is 1. The summed E-state index contributed by atoms with van der Waals surface area (Å²) in [6.45, 7) is 0. The number of carbonyl (C=O) groups excluding carboxylic acids is 1. The number of benzene rings is 3. The number of H-pyrrole nitrogens is 1. The van der Waals surface area contributed by atoms with Crippen molar-refractivity contribution >= 4 is 17.3 Å². The van der Waals surface area contributed by atoms with Crippen molar-refractivity contribution in [2.75, 3.05) is 12.4 Å². The molecule has 0 saturated heterocycles. The molecule has 0 aliphatic heterocycles. The van der Waals surface area contributed by atoms with Crippen LogP contribution < -0.4 is 15.6 Å². The standard InChI is InChI=1S/C24H18N4O5/c1-33-17-12-13-18(19(14-17)28(31)32)25-23(29)21-20(15-8-4-2-5-9-15)22(26-27-24(21)30)16-10-6-3-7-11-16/h2-14H,1H3,(H,25,29)(H,27,30). The Balaban J connectivity index is 1.89. The topological polar surface area (TPSA) is 127 Å². The zero-order valence-electron chi connectivity index (χ0n) is 17.4. The third-order valence-corrected chi connectivity index (χ3v) is 4.97. The smallest absolute Gasteiger partial charge is 0.296 e. The maximum absolute atomic E-state index is 13.3. The van der Waals surface area contributed by atoms with Gasteiger partial charge in [0.2, 0.25) is 0 Å². The van der Waals surface area contributed by atoms with Crippen LogP contribution in [0, 0.1) is 10.1 Å². The van der Waals surface area contributed by atoms with Crippen LogP contribution in [0.3, 0.4) is 0 Å². The highest BCUT2D eigenvalue weighted by molar-refractivity contribution is 6.11. The molecule has 0 spiro atoms. The number of amides is 1. The normalized spacial score (nSPS) is 10.5. The van der Waals surface area contributed by atoms with Crippen molar-refractivity contribution in [1.82, 2.24) is 10.2 Å². The predicted octanol–water partition coefficient (Wildman–Crippen LogP) is 4.27. The highest BCUT2D eigenvalue weighted by Crippen LogP contribution is 2.33. The number of anilines is 1. The van der Waals surface area contributed by atoms with Crippen LogP contribution in [0.1, 0.15) is 10.4 Å². The lowest BCUT2D eigenvalue weighted by Crippen LogP contribution is -2.26. The van der Waals surface area contributed by atoms with E-state index >= 15 is 0 Å². The first-order chi connectivity index (χ1) is 16.0. The Labute approximate surface area is 187 Å². The molecule has 0 aliphatic rings. The third-order valence-electron chi connectivity index (χ3n) is 4.97. The molecule has 4 rings (SSSR count). The molecule has 0 atom stereocenters. The lowest BCUT2D eigenvalue weighted by molar-refractivity contribution is -0.384. The summed E-state index contributed by atoms with van der Waals surface area (Å²) in [7, 11) is 1.38. The number of rotatable bonds is 6. The number of nitrogens with zero attached hydrogens (tertiary/aromatic N) is 2. The number of nitro benzene ring substituents is 1. The number of aromatic nitrogens is 2. The fourth-order valence-electron chi connectivity index (χ4n) is 3.44.